The predicted octanol–water partition coefficient (Wildman–Crippen LogP) is 3.82. The summed E-state index contributed by atoms with van der Waals surface area (Å²) in [6.07, 6.45) is 0. The van der Waals surface area contributed by atoms with Gasteiger partial charge in [-0.05, 0) is 37.3 Å². The molecule has 0 radical (unpaired) electrons. The monoisotopic (exact) mass is 381 g/mol. The third-order valence-corrected chi connectivity index (χ3v) is 3.66. The normalized spacial score (nSPS) is 11.1. The maximum absolute atomic E-state index is 11.7. The molecule has 2 aromatic carbocycles. The van der Waals surface area contributed by atoms with E-state index in [1.165, 1.54) is 12.1 Å². The van der Waals surface area contributed by atoms with E-state index in [9.17, 15) is 14.9 Å². The van der Waals surface area contributed by atoms with Crippen LogP contribution in [0.4, 0.5) is 5.69 Å². The van der Waals surface area contributed by atoms with E-state index in [-0.39, 0.29) is 17.3 Å². The summed E-state index contributed by atoms with van der Waals surface area (Å²) in [7, 11) is 0. The zero-order valence-corrected chi connectivity index (χ0v) is 14.5. The van der Waals surface area contributed by atoms with Crippen LogP contribution in [0.1, 0.15) is 12.5 Å². The molecule has 130 valence electrons. The lowest BCUT2D eigenvalue weighted by Gasteiger charge is -2.06. The Morgan fingerprint density at radius 3 is 2.56 bits per heavy atom. The maximum atomic E-state index is 11.7. The molecule has 7 nitrogen and oxygen atoms in total. The molecule has 0 aliphatic rings. The number of hydrogen-bond donors (Lipinski definition) is 1. The number of carbonyl (C=O) groups is 1. The van der Waals surface area contributed by atoms with Gasteiger partial charge in [0.05, 0.1) is 10.6 Å². The second-order valence-corrected chi connectivity index (χ2v) is 5.74. The Kier molecular flexibility index (Phi) is 6.32. The van der Waals surface area contributed by atoms with Crippen molar-refractivity contribution in [1.82, 2.24) is 5.43 Å². The summed E-state index contributed by atoms with van der Waals surface area (Å²) >= 11 is 11.5. The second-order valence-electron chi connectivity index (χ2n) is 4.90. The van der Waals surface area contributed by atoms with Crippen LogP contribution in [0.5, 0.6) is 5.75 Å². The van der Waals surface area contributed by atoms with Crippen LogP contribution in [-0.2, 0) is 4.79 Å². The Morgan fingerprint density at radius 2 is 1.92 bits per heavy atom. The molecule has 1 amide bonds. The van der Waals surface area contributed by atoms with E-state index in [4.69, 9.17) is 27.9 Å². The van der Waals surface area contributed by atoms with Gasteiger partial charge in [0.2, 0.25) is 0 Å². The number of carbonyl (C=O) groups excluding carboxylic acids is 1. The minimum absolute atomic E-state index is 0.0296. The summed E-state index contributed by atoms with van der Waals surface area (Å²) in [5.74, 6) is 0.0198. The van der Waals surface area contributed by atoms with Crippen molar-refractivity contribution in [3.05, 3.63) is 68.2 Å². The summed E-state index contributed by atoms with van der Waals surface area (Å²) < 4.78 is 5.28. The first-order valence-corrected chi connectivity index (χ1v) is 7.78. The molecule has 0 unspecified atom stereocenters. The first-order chi connectivity index (χ1) is 11.9. The fraction of sp³-hybridized carbons (Fsp3) is 0.125. The van der Waals surface area contributed by atoms with Crippen LogP contribution in [0, 0.1) is 10.1 Å². The van der Waals surface area contributed by atoms with E-state index in [0.717, 1.165) is 0 Å². The van der Waals surface area contributed by atoms with E-state index < -0.39 is 10.8 Å². The van der Waals surface area contributed by atoms with Crippen LogP contribution in [0.2, 0.25) is 10.0 Å². The number of nitro benzene ring substituents is 1. The highest BCUT2D eigenvalue weighted by Crippen LogP contribution is 2.25. The number of nitrogens with one attached hydrogen (secondary N) is 1. The van der Waals surface area contributed by atoms with Gasteiger partial charge in [-0.15, -0.1) is 0 Å². The van der Waals surface area contributed by atoms with Gasteiger partial charge < -0.3 is 4.74 Å². The number of nitro groups is 1. The minimum atomic E-state index is -0.586. The van der Waals surface area contributed by atoms with E-state index in [1.807, 2.05) is 0 Å². The maximum Gasteiger partial charge on any atom is 0.288 e. The highest BCUT2D eigenvalue weighted by atomic mass is 35.5. The molecule has 2 rings (SSSR count). The van der Waals surface area contributed by atoms with Gasteiger partial charge in [0.25, 0.3) is 11.6 Å². The lowest BCUT2D eigenvalue weighted by Crippen LogP contribution is -2.25. The molecule has 0 spiro atoms. The molecule has 0 heterocycles. The van der Waals surface area contributed by atoms with Crippen LogP contribution in [-0.4, -0.2) is 23.1 Å². The number of rotatable bonds is 6. The van der Waals surface area contributed by atoms with Gasteiger partial charge in [-0.1, -0.05) is 29.3 Å². The van der Waals surface area contributed by atoms with Gasteiger partial charge >= 0.3 is 0 Å². The van der Waals surface area contributed by atoms with Gasteiger partial charge in [-0.25, -0.2) is 5.43 Å². The topological polar surface area (TPSA) is 93.8 Å². The van der Waals surface area contributed by atoms with Gasteiger partial charge in [-0.2, -0.15) is 5.10 Å². The molecule has 0 atom stereocenters. The van der Waals surface area contributed by atoms with E-state index in [0.29, 0.717) is 22.0 Å². The molecule has 0 aromatic heterocycles. The Hall–Kier alpha value is -2.64. The smallest absolute Gasteiger partial charge is 0.288 e. The van der Waals surface area contributed by atoms with Crippen molar-refractivity contribution in [2.24, 2.45) is 5.10 Å². The Labute approximate surface area is 153 Å². The number of halogens is 2. The summed E-state index contributed by atoms with van der Waals surface area (Å²) in [5, 5.41) is 15.4. The molecule has 0 saturated heterocycles. The summed E-state index contributed by atoms with van der Waals surface area (Å²) in [6.45, 7) is 1.37. The highest BCUT2D eigenvalue weighted by molar-refractivity contribution is 6.32. The van der Waals surface area contributed by atoms with Crippen molar-refractivity contribution in [3.8, 4) is 5.75 Å². The van der Waals surface area contributed by atoms with Crippen LogP contribution in [0.25, 0.3) is 0 Å². The van der Waals surface area contributed by atoms with Gasteiger partial charge in [0.1, 0.15) is 10.8 Å². The molecular formula is C16H13Cl2N3O4. The number of hydrazone groups is 1. The SMILES string of the molecule is C/C(=N\NC(=O)COc1ccc(Cl)cc1)c1ccc(Cl)c([N+](=O)[O-])c1. The molecule has 0 aliphatic heterocycles. The van der Waals surface area contributed by atoms with E-state index in [2.05, 4.69) is 10.5 Å². The third-order valence-electron chi connectivity index (χ3n) is 3.09. The van der Waals surface area contributed by atoms with E-state index >= 15 is 0 Å². The quantitative estimate of drug-likeness (QED) is 0.467. The number of nitrogens with zero attached hydrogens (tertiary/aromatic N) is 2. The number of ether oxygens (including phenoxy) is 1. The van der Waals surface area contributed by atoms with Gasteiger partial charge in [0, 0.05) is 16.7 Å². The number of amides is 1. The van der Waals surface area contributed by atoms with Crippen molar-refractivity contribution in [2.75, 3.05) is 6.61 Å². The Bertz CT molecular complexity index is 823. The van der Waals surface area contributed by atoms with Crippen molar-refractivity contribution < 1.29 is 14.5 Å². The van der Waals surface area contributed by atoms with Crippen molar-refractivity contribution >= 4 is 40.5 Å². The molecular weight excluding hydrogens is 369 g/mol. The largest absolute Gasteiger partial charge is 0.484 e. The Balaban J connectivity index is 1.96. The lowest BCUT2D eigenvalue weighted by atomic mass is 10.1. The number of benzene rings is 2. The van der Waals surface area contributed by atoms with Crippen LogP contribution < -0.4 is 10.2 Å². The first-order valence-electron chi connectivity index (χ1n) is 7.02. The van der Waals surface area contributed by atoms with Crippen molar-refractivity contribution in [3.63, 3.8) is 0 Å². The summed E-state index contributed by atoms with van der Waals surface area (Å²) in [6, 6.07) is 10.8. The highest BCUT2D eigenvalue weighted by Gasteiger charge is 2.14. The summed E-state index contributed by atoms with van der Waals surface area (Å²) in [5.41, 5.74) is 2.95. The van der Waals surface area contributed by atoms with Crippen molar-refractivity contribution in [2.45, 2.75) is 6.92 Å². The second kappa shape index (κ2) is 8.46. The lowest BCUT2D eigenvalue weighted by molar-refractivity contribution is -0.384. The first kappa shape index (κ1) is 18.7. The minimum Gasteiger partial charge on any atom is -0.484 e. The molecule has 0 bridgehead atoms. The molecule has 0 fully saturated rings. The molecule has 9 heteroatoms. The Morgan fingerprint density at radius 1 is 1.24 bits per heavy atom. The van der Waals surface area contributed by atoms with Gasteiger partial charge in [0.15, 0.2) is 6.61 Å². The average molecular weight is 382 g/mol. The van der Waals surface area contributed by atoms with Crippen molar-refractivity contribution in [1.29, 1.82) is 0 Å². The fourth-order valence-corrected chi connectivity index (χ4v) is 2.11. The molecule has 0 aliphatic carbocycles. The zero-order chi connectivity index (χ0) is 18.4. The predicted molar refractivity (Wildman–Crippen MR) is 95.4 cm³/mol. The van der Waals surface area contributed by atoms with Gasteiger partial charge in [-0.3, -0.25) is 14.9 Å². The van der Waals surface area contributed by atoms with E-state index in [1.54, 1.807) is 37.3 Å². The molecule has 0 saturated carbocycles. The molecule has 25 heavy (non-hydrogen) atoms. The van der Waals surface area contributed by atoms with Crippen LogP contribution in [0.3, 0.4) is 0 Å². The summed E-state index contributed by atoms with van der Waals surface area (Å²) in [4.78, 5) is 22.1. The molecule has 2 aromatic rings. The standard InChI is InChI=1S/C16H13Cl2N3O4/c1-10(11-2-7-14(18)15(8-11)21(23)24)19-20-16(22)9-25-13-5-3-12(17)4-6-13/h2-8H,9H2,1H3,(H,20,22)/b19-10+. The fourth-order valence-electron chi connectivity index (χ4n) is 1.80. The molecule has 1 N–H and O–H groups in total. The average Bonchev–Trinajstić information content (AvgIpc) is 2.59. The van der Waals surface area contributed by atoms with Crippen LogP contribution >= 0.6 is 23.2 Å². The number of hydrogen-bond acceptors (Lipinski definition) is 5. The zero-order valence-electron chi connectivity index (χ0n) is 13.0. The van der Waals surface area contributed by atoms with Crippen LogP contribution in [0.15, 0.2) is 47.6 Å². The third kappa shape index (κ3) is 5.44.